The largest absolute Gasteiger partial charge is 0.487 e. The van der Waals surface area contributed by atoms with Crippen molar-refractivity contribution in [3.05, 3.63) is 132 Å². The standard InChI is InChI=1S/2C26H27F2N7O/c1-3-17-14-29-26(30-15-17)35-10-8-18(9-11-35)16-36-24-22(27)12-21(13-23(24)28)19-4-6-20(7-5-19)25-31-32-33-34(25)2;1-3-17-14-29-26(30-15-17)35-10-8-18(9-11-35)16-36-24-22(27)12-21(13-23(24)28)19-4-6-20(7-5-19)25-31-33-34(2)32-25/h2*4-7,12-15,18H,3,8-11,16H2,1-2H3. The van der Waals surface area contributed by atoms with Gasteiger partial charge < -0.3 is 19.3 Å². The van der Waals surface area contributed by atoms with Crippen molar-refractivity contribution in [2.45, 2.75) is 52.4 Å². The number of hydrogen-bond donors (Lipinski definition) is 0. The molecule has 10 rings (SSSR count). The van der Waals surface area contributed by atoms with E-state index in [0.29, 0.717) is 33.9 Å². The van der Waals surface area contributed by atoms with Gasteiger partial charge in [-0.1, -0.05) is 62.4 Å². The fraction of sp³-hybridized carbons (Fsp3) is 0.346. The van der Waals surface area contributed by atoms with Gasteiger partial charge in [-0.2, -0.15) is 4.80 Å². The third-order valence-corrected chi connectivity index (χ3v) is 13.0. The SMILES string of the molecule is CCc1cnc(N2CCC(COc3c(F)cc(-c4ccc(-c5nnn(C)n5)cc4)cc3F)CC2)nc1.CCc1cnc(N2CCC(COc3c(F)cc(-c4ccc(-c5nnnn5C)cc4)cc3F)CC2)nc1. The zero-order valence-electron chi connectivity index (χ0n) is 40.5. The Hall–Kier alpha value is -7.90. The van der Waals surface area contributed by atoms with Gasteiger partial charge >= 0.3 is 0 Å². The van der Waals surface area contributed by atoms with Crippen LogP contribution < -0.4 is 19.3 Å². The molecule has 4 aromatic heterocycles. The Morgan fingerprint density at radius 2 is 0.917 bits per heavy atom. The number of piperidine rings is 2. The minimum atomic E-state index is -0.716. The Kier molecular flexibility index (Phi) is 15.3. The molecule has 0 aliphatic carbocycles. The van der Waals surface area contributed by atoms with E-state index in [-0.39, 0.29) is 36.5 Å². The van der Waals surface area contributed by atoms with E-state index in [4.69, 9.17) is 9.47 Å². The van der Waals surface area contributed by atoms with Crippen LogP contribution in [0.25, 0.3) is 45.0 Å². The molecule has 0 spiro atoms. The fourth-order valence-corrected chi connectivity index (χ4v) is 8.62. The van der Waals surface area contributed by atoms with Gasteiger partial charge in [0.1, 0.15) is 0 Å². The summed E-state index contributed by atoms with van der Waals surface area (Å²) in [6, 6.07) is 19.5. The summed E-state index contributed by atoms with van der Waals surface area (Å²) in [7, 11) is 3.43. The van der Waals surface area contributed by atoms with Crippen LogP contribution in [0.15, 0.2) is 97.6 Å². The molecule has 6 heterocycles. The second kappa shape index (κ2) is 22.5. The molecule has 16 nitrogen and oxygen atoms in total. The molecule has 0 saturated carbocycles. The van der Waals surface area contributed by atoms with E-state index < -0.39 is 23.3 Å². The number of rotatable bonds is 14. The highest BCUT2D eigenvalue weighted by molar-refractivity contribution is 5.69. The summed E-state index contributed by atoms with van der Waals surface area (Å²) >= 11 is 0. The van der Waals surface area contributed by atoms with Gasteiger partial charge in [0.05, 0.1) is 20.3 Å². The highest BCUT2D eigenvalue weighted by Crippen LogP contribution is 2.33. The fourth-order valence-electron chi connectivity index (χ4n) is 8.62. The first-order chi connectivity index (χ1) is 35.0. The van der Waals surface area contributed by atoms with Gasteiger partial charge in [0.15, 0.2) is 40.6 Å². The van der Waals surface area contributed by atoms with Crippen molar-refractivity contribution in [2.75, 3.05) is 49.2 Å². The molecule has 4 aromatic carbocycles. The quantitative estimate of drug-likeness (QED) is 0.0949. The summed E-state index contributed by atoms with van der Waals surface area (Å²) in [5.41, 5.74) is 6.00. The zero-order chi connectivity index (χ0) is 50.1. The first-order valence-corrected chi connectivity index (χ1v) is 24.0. The molecule has 20 heteroatoms. The van der Waals surface area contributed by atoms with E-state index in [9.17, 15) is 17.6 Å². The van der Waals surface area contributed by atoms with Gasteiger partial charge in [0, 0.05) is 69.1 Å². The number of halogens is 4. The lowest BCUT2D eigenvalue weighted by atomic mass is 9.98. The Bertz CT molecular complexity index is 3000. The zero-order valence-corrected chi connectivity index (χ0v) is 40.5. The highest BCUT2D eigenvalue weighted by atomic mass is 19.1. The molecule has 2 saturated heterocycles. The summed E-state index contributed by atoms with van der Waals surface area (Å²) in [4.78, 5) is 23.4. The Morgan fingerprint density at radius 1 is 0.514 bits per heavy atom. The highest BCUT2D eigenvalue weighted by Gasteiger charge is 2.25. The van der Waals surface area contributed by atoms with E-state index in [0.717, 1.165) is 98.9 Å². The molecule has 2 fully saturated rings. The number of benzene rings is 4. The molecule has 372 valence electrons. The second-order valence-corrected chi connectivity index (χ2v) is 17.9. The molecule has 0 atom stereocenters. The molecular weight excluding hydrogens is 929 g/mol. The average molecular weight is 983 g/mol. The van der Waals surface area contributed by atoms with Crippen LogP contribution in [0, 0.1) is 35.1 Å². The number of hydrogen-bond acceptors (Lipinski definition) is 14. The predicted molar refractivity (Wildman–Crippen MR) is 263 cm³/mol. The molecule has 2 aliphatic rings. The maximum Gasteiger partial charge on any atom is 0.225 e. The lowest BCUT2D eigenvalue weighted by molar-refractivity contribution is 0.207. The lowest BCUT2D eigenvalue weighted by Gasteiger charge is -2.31. The van der Waals surface area contributed by atoms with Crippen molar-refractivity contribution in [1.29, 1.82) is 0 Å². The van der Waals surface area contributed by atoms with Crippen LogP contribution in [0.3, 0.4) is 0 Å². The van der Waals surface area contributed by atoms with Crippen molar-refractivity contribution in [2.24, 2.45) is 25.9 Å². The van der Waals surface area contributed by atoms with Crippen molar-refractivity contribution in [3.8, 4) is 56.5 Å². The van der Waals surface area contributed by atoms with Crippen molar-refractivity contribution < 1.29 is 27.0 Å². The van der Waals surface area contributed by atoms with Gasteiger partial charge in [0.25, 0.3) is 0 Å². The molecule has 0 amide bonds. The van der Waals surface area contributed by atoms with E-state index in [2.05, 4.69) is 74.5 Å². The van der Waals surface area contributed by atoms with E-state index in [1.165, 1.54) is 29.1 Å². The Labute approximate surface area is 414 Å². The molecule has 0 N–H and O–H groups in total. The average Bonchev–Trinajstić information content (AvgIpc) is 4.06. The molecule has 0 unspecified atom stereocenters. The lowest BCUT2D eigenvalue weighted by Crippen LogP contribution is -2.36. The third kappa shape index (κ3) is 11.6. The minimum absolute atomic E-state index is 0.205. The van der Waals surface area contributed by atoms with Crippen LogP contribution in [0.1, 0.15) is 50.7 Å². The number of nitrogens with zero attached hydrogens (tertiary/aromatic N) is 14. The summed E-state index contributed by atoms with van der Waals surface area (Å²) in [6.07, 6.45) is 12.6. The Balaban J connectivity index is 0.000000178. The molecule has 72 heavy (non-hydrogen) atoms. The van der Waals surface area contributed by atoms with Crippen LogP contribution in [0.2, 0.25) is 0 Å². The number of aromatic nitrogens is 12. The van der Waals surface area contributed by atoms with Crippen molar-refractivity contribution >= 4 is 11.9 Å². The van der Waals surface area contributed by atoms with Gasteiger partial charge in [0.2, 0.25) is 17.7 Å². The molecule has 2 aliphatic heterocycles. The van der Waals surface area contributed by atoms with Gasteiger partial charge in [-0.25, -0.2) is 42.2 Å². The second-order valence-electron chi connectivity index (χ2n) is 17.9. The smallest absolute Gasteiger partial charge is 0.225 e. The van der Waals surface area contributed by atoms with E-state index in [1.807, 2.05) is 36.9 Å². The first-order valence-electron chi connectivity index (χ1n) is 24.0. The van der Waals surface area contributed by atoms with Crippen LogP contribution in [-0.4, -0.2) is 99.7 Å². The van der Waals surface area contributed by atoms with Gasteiger partial charge in [-0.15, -0.1) is 15.3 Å². The summed E-state index contributed by atoms with van der Waals surface area (Å²) in [5.74, 6) is -0.579. The van der Waals surface area contributed by atoms with Crippen LogP contribution >= 0.6 is 0 Å². The number of anilines is 2. The first kappa shape index (κ1) is 49.1. The molecule has 0 radical (unpaired) electrons. The van der Waals surface area contributed by atoms with Crippen LogP contribution in [0.5, 0.6) is 11.5 Å². The maximum absolute atomic E-state index is 14.8. The minimum Gasteiger partial charge on any atom is -0.487 e. The monoisotopic (exact) mass is 982 g/mol. The Morgan fingerprint density at radius 3 is 1.28 bits per heavy atom. The summed E-state index contributed by atoms with van der Waals surface area (Å²) in [5, 5.41) is 23.4. The van der Waals surface area contributed by atoms with Gasteiger partial charge in [-0.3, -0.25) is 0 Å². The number of ether oxygens (including phenoxy) is 2. The topological polar surface area (TPSA) is 164 Å². The van der Waals surface area contributed by atoms with Crippen LogP contribution in [-0.2, 0) is 26.9 Å². The summed E-state index contributed by atoms with van der Waals surface area (Å²) < 4.78 is 72.1. The van der Waals surface area contributed by atoms with Crippen molar-refractivity contribution in [1.82, 2.24) is 60.4 Å². The van der Waals surface area contributed by atoms with Crippen LogP contribution in [0.4, 0.5) is 29.5 Å². The molecule has 0 bridgehead atoms. The normalized spacial score (nSPS) is 14.3. The number of tetrazole rings is 2. The molecule has 8 aromatic rings. The van der Waals surface area contributed by atoms with E-state index in [1.54, 1.807) is 55.2 Å². The molecular formula is C52H54F4N14O2. The van der Waals surface area contributed by atoms with E-state index >= 15 is 0 Å². The predicted octanol–water partition coefficient (Wildman–Crippen LogP) is 8.94. The summed E-state index contributed by atoms with van der Waals surface area (Å²) in [6.45, 7) is 7.79. The third-order valence-electron chi connectivity index (χ3n) is 13.0. The number of aryl methyl sites for hydroxylation is 4. The van der Waals surface area contributed by atoms with Gasteiger partial charge in [-0.05, 0) is 124 Å². The maximum atomic E-state index is 14.8. The van der Waals surface area contributed by atoms with Crippen molar-refractivity contribution in [3.63, 3.8) is 0 Å².